The summed E-state index contributed by atoms with van der Waals surface area (Å²) in [6.45, 7) is 4.43. The number of rotatable bonds is 2. The summed E-state index contributed by atoms with van der Waals surface area (Å²) in [4.78, 5) is 0. The van der Waals surface area contributed by atoms with E-state index in [1.807, 2.05) is 0 Å². The minimum atomic E-state index is -0.0292. The smallest absolute Gasteiger partial charge is 0.0614 e. The van der Waals surface area contributed by atoms with Crippen molar-refractivity contribution >= 4 is 0 Å². The predicted octanol–water partition coefficient (Wildman–Crippen LogP) is 2.11. The Kier molecular flexibility index (Phi) is 2.50. The van der Waals surface area contributed by atoms with Gasteiger partial charge in [-0.25, -0.2) is 0 Å². The lowest BCUT2D eigenvalue weighted by Gasteiger charge is -2.24. The van der Waals surface area contributed by atoms with Crippen LogP contribution in [0.2, 0.25) is 0 Å². The largest absolute Gasteiger partial charge is 0.392 e. The van der Waals surface area contributed by atoms with Gasteiger partial charge in [0.15, 0.2) is 0 Å². The molecule has 1 saturated carbocycles. The topological polar surface area (TPSA) is 20.2 Å². The fourth-order valence-electron chi connectivity index (χ4n) is 1.11. The molecule has 1 N–H and O–H groups in total. The molecule has 0 heterocycles. The van der Waals surface area contributed by atoms with Crippen LogP contribution >= 0.6 is 0 Å². The van der Waals surface area contributed by atoms with Crippen LogP contribution in [-0.2, 0) is 0 Å². The Morgan fingerprint density at radius 1 is 1.60 bits per heavy atom. The minimum absolute atomic E-state index is 0.0292. The SMILES string of the molecule is CC(C)CC=C1CC(O)C1. The third-order valence-electron chi connectivity index (χ3n) is 1.87. The zero-order chi connectivity index (χ0) is 7.56. The van der Waals surface area contributed by atoms with Gasteiger partial charge in [0.1, 0.15) is 0 Å². The van der Waals surface area contributed by atoms with Crippen LogP contribution in [0.15, 0.2) is 11.6 Å². The second-order valence-electron chi connectivity index (χ2n) is 3.55. The summed E-state index contributed by atoms with van der Waals surface area (Å²) < 4.78 is 0. The van der Waals surface area contributed by atoms with Gasteiger partial charge >= 0.3 is 0 Å². The zero-order valence-corrected chi connectivity index (χ0v) is 6.80. The lowest BCUT2D eigenvalue weighted by molar-refractivity contribution is 0.135. The highest BCUT2D eigenvalue weighted by Gasteiger charge is 2.19. The number of allylic oxidation sites excluding steroid dienone is 1. The second kappa shape index (κ2) is 3.20. The van der Waals surface area contributed by atoms with E-state index in [2.05, 4.69) is 19.9 Å². The fraction of sp³-hybridized carbons (Fsp3) is 0.778. The molecule has 1 nitrogen and oxygen atoms in total. The van der Waals surface area contributed by atoms with Crippen LogP contribution < -0.4 is 0 Å². The van der Waals surface area contributed by atoms with Gasteiger partial charge in [0.05, 0.1) is 6.10 Å². The normalized spacial score (nSPS) is 24.8. The second-order valence-corrected chi connectivity index (χ2v) is 3.55. The highest BCUT2D eigenvalue weighted by atomic mass is 16.3. The van der Waals surface area contributed by atoms with Crippen molar-refractivity contribution in [3.63, 3.8) is 0 Å². The third kappa shape index (κ3) is 2.14. The van der Waals surface area contributed by atoms with Crippen LogP contribution in [0.5, 0.6) is 0 Å². The number of hydrogen-bond acceptors (Lipinski definition) is 1. The molecule has 0 aromatic heterocycles. The number of hydrogen-bond donors (Lipinski definition) is 1. The molecule has 0 atom stereocenters. The molecule has 0 spiro atoms. The van der Waals surface area contributed by atoms with Crippen molar-refractivity contribution < 1.29 is 5.11 Å². The third-order valence-corrected chi connectivity index (χ3v) is 1.87. The summed E-state index contributed by atoms with van der Waals surface area (Å²) in [5.74, 6) is 0.755. The average molecular weight is 140 g/mol. The lowest BCUT2D eigenvalue weighted by Crippen LogP contribution is -2.19. The number of aliphatic hydroxyl groups excluding tert-OH is 1. The highest BCUT2D eigenvalue weighted by Crippen LogP contribution is 2.26. The first-order valence-electron chi connectivity index (χ1n) is 4.04. The van der Waals surface area contributed by atoms with E-state index in [1.54, 1.807) is 0 Å². The van der Waals surface area contributed by atoms with E-state index in [1.165, 1.54) is 12.0 Å². The molecule has 0 aromatic rings. The van der Waals surface area contributed by atoms with Gasteiger partial charge in [0.25, 0.3) is 0 Å². The van der Waals surface area contributed by atoms with Crippen LogP contribution in [-0.4, -0.2) is 11.2 Å². The van der Waals surface area contributed by atoms with E-state index in [0.717, 1.165) is 18.8 Å². The molecular formula is C9H16O. The van der Waals surface area contributed by atoms with Gasteiger partial charge in [0, 0.05) is 0 Å². The molecule has 0 aromatic carbocycles. The Morgan fingerprint density at radius 2 is 2.20 bits per heavy atom. The molecule has 1 rings (SSSR count). The first kappa shape index (κ1) is 7.80. The molecule has 1 aliphatic carbocycles. The van der Waals surface area contributed by atoms with Gasteiger partial charge < -0.3 is 5.11 Å². The van der Waals surface area contributed by atoms with Crippen LogP contribution in [0.3, 0.4) is 0 Å². The van der Waals surface area contributed by atoms with E-state index < -0.39 is 0 Å². The van der Waals surface area contributed by atoms with Gasteiger partial charge in [-0.05, 0) is 25.2 Å². The van der Waals surface area contributed by atoms with E-state index >= 15 is 0 Å². The summed E-state index contributed by atoms with van der Waals surface area (Å²) in [5.41, 5.74) is 1.45. The van der Waals surface area contributed by atoms with Gasteiger partial charge in [-0.3, -0.25) is 0 Å². The summed E-state index contributed by atoms with van der Waals surface area (Å²) in [6, 6.07) is 0. The summed E-state index contributed by atoms with van der Waals surface area (Å²) in [5, 5.41) is 8.94. The van der Waals surface area contributed by atoms with Crippen molar-refractivity contribution in [2.45, 2.75) is 39.2 Å². The molecule has 1 heteroatoms. The summed E-state index contributed by atoms with van der Waals surface area (Å²) >= 11 is 0. The van der Waals surface area contributed by atoms with Gasteiger partial charge in [0.2, 0.25) is 0 Å². The van der Waals surface area contributed by atoms with Crippen molar-refractivity contribution in [1.82, 2.24) is 0 Å². The molecule has 1 fully saturated rings. The van der Waals surface area contributed by atoms with Crippen molar-refractivity contribution in [1.29, 1.82) is 0 Å². The minimum Gasteiger partial charge on any atom is -0.392 e. The molecule has 10 heavy (non-hydrogen) atoms. The molecule has 0 bridgehead atoms. The van der Waals surface area contributed by atoms with E-state index in [0.29, 0.717) is 0 Å². The molecule has 0 unspecified atom stereocenters. The van der Waals surface area contributed by atoms with Gasteiger partial charge in [-0.15, -0.1) is 0 Å². The van der Waals surface area contributed by atoms with E-state index in [-0.39, 0.29) is 6.10 Å². The van der Waals surface area contributed by atoms with Crippen molar-refractivity contribution in [3.8, 4) is 0 Å². The lowest BCUT2D eigenvalue weighted by atomic mass is 9.87. The molecule has 0 radical (unpaired) electrons. The zero-order valence-electron chi connectivity index (χ0n) is 6.80. The quantitative estimate of drug-likeness (QED) is 0.582. The van der Waals surface area contributed by atoms with Crippen LogP contribution in [0.1, 0.15) is 33.1 Å². The first-order valence-corrected chi connectivity index (χ1v) is 4.04. The Morgan fingerprint density at radius 3 is 2.60 bits per heavy atom. The van der Waals surface area contributed by atoms with E-state index in [4.69, 9.17) is 5.11 Å². The maximum Gasteiger partial charge on any atom is 0.0614 e. The van der Waals surface area contributed by atoms with Crippen molar-refractivity contribution in [2.24, 2.45) is 5.92 Å². The maximum absolute atomic E-state index is 8.94. The van der Waals surface area contributed by atoms with Crippen molar-refractivity contribution in [2.75, 3.05) is 0 Å². The monoisotopic (exact) mass is 140 g/mol. The van der Waals surface area contributed by atoms with Crippen molar-refractivity contribution in [3.05, 3.63) is 11.6 Å². The fourth-order valence-corrected chi connectivity index (χ4v) is 1.11. The molecular weight excluding hydrogens is 124 g/mol. The standard InChI is InChI=1S/C9H16O/c1-7(2)3-4-8-5-9(10)6-8/h4,7,9-10H,3,5-6H2,1-2H3. The summed E-state index contributed by atoms with van der Waals surface area (Å²) in [7, 11) is 0. The van der Waals surface area contributed by atoms with E-state index in [9.17, 15) is 0 Å². The molecule has 1 aliphatic rings. The van der Waals surface area contributed by atoms with Gasteiger partial charge in [-0.1, -0.05) is 25.5 Å². The predicted molar refractivity (Wildman–Crippen MR) is 42.8 cm³/mol. The van der Waals surface area contributed by atoms with Gasteiger partial charge in [-0.2, -0.15) is 0 Å². The molecule has 0 amide bonds. The Hall–Kier alpha value is -0.300. The molecule has 0 aliphatic heterocycles. The van der Waals surface area contributed by atoms with Crippen LogP contribution in [0.4, 0.5) is 0 Å². The maximum atomic E-state index is 8.94. The summed E-state index contributed by atoms with van der Waals surface area (Å²) in [6.07, 6.45) is 5.26. The highest BCUT2D eigenvalue weighted by molar-refractivity contribution is 5.13. The molecule has 0 saturated heterocycles. The Labute approximate surface area is 62.8 Å². The molecule has 58 valence electrons. The van der Waals surface area contributed by atoms with Crippen LogP contribution in [0.25, 0.3) is 0 Å². The van der Waals surface area contributed by atoms with Crippen LogP contribution in [0, 0.1) is 5.92 Å². The first-order chi connectivity index (χ1) is 4.68. The Bertz CT molecular complexity index is 128. The Balaban J connectivity index is 2.17. The number of aliphatic hydroxyl groups is 1. The average Bonchev–Trinajstić information content (AvgIpc) is 1.77.